The van der Waals surface area contributed by atoms with Crippen LogP contribution in [0.4, 0.5) is 8.78 Å². The van der Waals surface area contributed by atoms with Gasteiger partial charge in [0.05, 0.1) is 5.56 Å². The molecule has 0 amide bonds. The van der Waals surface area contributed by atoms with Gasteiger partial charge in [0.15, 0.2) is 6.10 Å². The topological polar surface area (TPSA) is 57.5 Å². The summed E-state index contributed by atoms with van der Waals surface area (Å²) in [5.74, 6) is -1.00. The molecule has 2 aromatic rings. The smallest absolute Gasteiger partial charge is 0.387 e. The van der Waals surface area contributed by atoms with Gasteiger partial charge in [-0.3, -0.25) is 4.79 Å². The van der Waals surface area contributed by atoms with Crippen LogP contribution in [0, 0.1) is 13.8 Å². The Labute approximate surface area is 155 Å². The summed E-state index contributed by atoms with van der Waals surface area (Å²) in [6.45, 7) is 2.38. The molecule has 0 N–H and O–H groups in total. The van der Waals surface area contributed by atoms with Crippen molar-refractivity contribution in [2.24, 2.45) is 0 Å². The third-order valence-electron chi connectivity index (χ3n) is 4.63. The molecule has 3 rings (SSSR count). The Balaban J connectivity index is 1.67. The number of benzene rings is 1. The maximum absolute atomic E-state index is 12.5. The number of carbonyl (C=O) groups excluding carboxylic acids is 2. The number of ether oxygens (including phenoxy) is 2. The maximum atomic E-state index is 12.5. The van der Waals surface area contributed by atoms with E-state index in [0.29, 0.717) is 11.6 Å². The van der Waals surface area contributed by atoms with Gasteiger partial charge in [0, 0.05) is 23.0 Å². The second-order valence-corrected chi connectivity index (χ2v) is 6.70. The number of esters is 1. The van der Waals surface area contributed by atoms with E-state index in [9.17, 15) is 18.4 Å². The molecular weight excluding hydrogens is 356 g/mol. The summed E-state index contributed by atoms with van der Waals surface area (Å²) < 4.78 is 36.1. The lowest BCUT2D eigenvalue weighted by Gasteiger charge is -2.13. The largest absolute Gasteiger partial charge is 0.451 e. The predicted molar refractivity (Wildman–Crippen MR) is 94.5 cm³/mol. The Morgan fingerprint density at radius 1 is 1.15 bits per heavy atom. The van der Waals surface area contributed by atoms with Crippen molar-refractivity contribution in [3.05, 3.63) is 52.8 Å². The SMILES string of the molecule is Cc1cc(C(=O)O[C@@H](C)C(=O)c2ccc(OC(F)F)cc2)c(C)n1C1CC1. The molecule has 1 heterocycles. The fourth-order valence-corrected chi connectivity index (χ4v) is 3.19. The zero-order chi connectivity index (χ0) is 19.7. The first-order valence-corrected chi connectivity index (χ1v) is 8.76. The van der Waals surface area contributed by atoms with E-state index in [4.69, 9.17) is 4.74 Å². The van der Waals surface area contributed by atoms with Crippen LogP contribution in [0.25, 0.3) is 0 Å². The van der Waals surface area contributed by atoms with E-state index in [1.54, 1.807) is 6.07 Å². The quantitative estimate of drug-likeness (QED) is 0.528. The fourth-order valence-electron chi connectivity index (χ4n) is 3.19. The Bertz CT molecular complexity index is 854. The monoisotopic (exact) mass is 377 g/mol. The molecule has 1 aliphatic rings. The molecule has 27 heavy (non-hydrogen) atoms. The van der Waals surface area contributed by atoms with Crippen molar-refractivity contribution >= 4 is 11.8 Å². The van der Waals surface area contributed by atoms with Gasteiger partial charge in [-0.15, -0.1) is 0 Å². The lowest BCUT2D eigenvalue weighted by Crippen LogP contribution is -2.24. The zero-order valence-electron chi connectivity index (χ0n) is 15.4. The molecule has 1 fully saturated rings. The molecular formula is C20H21F2NO4. The van der Waals surface area contributed by atoms with Crippen molar-refractivity contribution in [2.75, 3.05) is 0 Å². The van der Waals surface area contributed by atoms with Crippen molar-refractivity contribution in [3.63, 3.8) is 0 Å². The van der Waals surface area contributed by atoms with E-state index in [0.717, 1.165) is 24.2 Å². The summed E-state index contributed by atoms with van der Waals surface area (Å²) in [6.07, 6.45) is 1.21. The lowest BCUT2D eigenvalue weighted by atomic mass is 10.1. The van der Waals surface area contributed by atoms with E-state index in [-0.39, 0.29) is 11.3 Å². The molecule has 1 aliphatic carbocycles. The van der Waals surface area contributed by atoms with Gasteiger partial charge in [-0.1, -0.05) is 0 Å². The third kappa shape index (κ3) is 4.18. The van der Waals surface area contributed by atoms with E-state index in [1.165, 1.54) is 31.2 Å². The molecule has 0 aliphatic heterocycles. The molecule has 0 spiro atoms. The molecule has 1 atom stereocenters. The van der Waals surface area contributed by atoms with Gasteiger partial charge in [0.2, 0.25) is 5.78 Å². The van der Waals surface area contributed by atoms with Crippen LogP contribution in [0.3, 0.4) is 0 Å². The molecule has 1 saturated carbocycles. The highest BCUT2D eigenvalue weighted by molar-refractivity contribution is 6.01. The van der Waals surface area contributed by atoms with Gasteiger partial charge in [0.25, 0.3) is 0 Å². The van der Waals surface area contributed by atoms with Crippen LogP contribution in [-0.4, -0.2) is 29.0 Å². The lowest BCUT2D eigenvalue weighted by molar-refractivity contribution is -0.0498. The van der Waals surface area contributed by atoms with E-state index >= 15 is 0 Å². The molecule has 1 aromatic heterocycles. The molecule has 0 unspecified atom stereocenters. The fraction of sp³-hybridized carbons (Fsp3) is 0.400. The van der Waals surface area contributed by atoms with Crippen LogP contribution in [0.15, 0.2) is 30.3 Å². The number of nitrogens with zero attached hydrogens (tertiary/aromatic N) is 1. The molecule has 0 saturated heterocycles. The Morgan fingerprint density at radius 3 is 2.33 bits per heavy atom. The molecule has 0 radical (unpaired) electrons. The molecule has 5 nitrogen and oxygen atoms in total. The van der Waals surface area contributed by atoms with E-state index < -0.39 is 24.5 Å². The predicted octanol–water partition coefficient (Wildman–Crippen LogP) is 4.47. The number of halogens is 2. The number of hydrogen-bond acceptors (Lipinski definition) is 4. The van der Waals surface area contributed by atoms with Crippen LogP contribution >= 0.6 is 0 Å². The number of carbonyl (C=O) groups is 2. The summed E-state index contributed by atoms with van der Waals surface area (Å²) in [7, 11) is 0. The van der Waals surface area contributed by atoms with Crippen LogP contribution in [-0.2, 0) is 4.74 Å². The standard InChI is InChI=1S/C20H21F2NO4/c1-11-10-17(12(2)23(11)15-6-7-15)19(25)26-13(3)18(24)14-4-8-16(9-5-14)27-20(21)22/h4-5,8-10,13,15,20H,6-7H2,1-3H3/t13-/m0/s1. The Morgan fingerprint density at radius 2 is 1.78 bits per heavy atom. The number of hydrogen-bond donors (Lipinski definition) is 0. The first-order valence-electron chi connectivity index (χ1n) is 8.76. The van der Waals surface area contributed by atoms with Crippen molar-refractivity contribution in [2.45, 2.75) is 52.4 Å². The van der Waals surface area contributed by atoms with E-state index in [1.807, 2.05) is 13.8 Å². The Kier molecular flexibility index (Phi) is 5.30. The number of Topliss-reactive ketones (excluding diaryl/α,β-unsaturated/α-hetero) is 1. The minimum Gasteiger partial charge on any atom is -0.451 e. The number of aromatic nitrogens is 1. The summed E-state index contributed by atoms with van der Waals surface area (Å²) in [5, 5.41) is 0. The summed E-state index contributed by atoms with van der Waals surface area (Å²) in [6, 6.07) is 7.50. The van der Waals surface area contributed by atoms with Crippen molar-refractivity contribution < 1.29 is 27.8 Å². The van der Waals surface area contributed by atoms with Crippen LogP contribution in [0.5, 0.6) is 5.75 Å². The summed E-state index contributed by atoms with van der Waals surface area (Å²) in [4.78, 5) is 25.0. The number of rotatable bonds is 7. The van der Waals surface area contributed by atoms with Gasteiger partial charge in [-0.2, -0.15) is 8.78 Å². The van der Waals surface area contributed by atoms with Crippen molar-refractivity contribution in [3.8, 4) is 5.75 Å². The van der Waals surface area contributed by atoms with Gasteiger partial charge in [-0.25, -0.2) is 4.79 Å². The number of alkyl halides is 2. The molecule has 0 bridgehead atoms. The van der Waals surface area contributed by atoms with Crippen LogP contribution in [0.2, 0.25) is 0 Å². The first-order chi connectivity index (χ1) is 12.8. The van der Waals surface area contributed by atoms with Gasteiger partial charge < -0.3 is 14.0 Å². The molecule has 7 heteroatoms. The first kappa shape index (κ1) is 19.1. The normalized spacial score (nSPS) is 14.9. The highest BCUT2D eigenvalue weighted by atomic mass is 19.3. The summed E-state index contributed by atoms with van der Waals surface area (Å²) >= 11 is 0. The minimum absolute atomic E-state index is 0.0429. The second kappa shape index (κ2) is 7.50. The van der Waals surface area contributed by atoms with Crippen molar-refractivity contribution in [1.82, 2.24) is 4.57 Å². The number of aryl methyl sites for hydroxylation is 1. The minimum atomic E-state index is -2.93. The van der Waals surface area contributed by atoms with Gasteiger partial charge in [-0.05, 0) is 63.9 Å². The van der Waals surface area contributed by atoms with Crippen molar-refractivity contribution in [1.29, 1.82) is 0 Å². The van der Waals surface area contributed by atoms with Gasteiger partial charge in [0.1, 0.15) is 5.75 Å². The summed E-state index contributed by atoms with van der Waals surface area (Å²) in [5.41, 5.74) is 2.55. The average molecular weight is 377 g/mol. The van der Waals surface area contributed by atoms with Crippen LogP contribution in [0.1, 0.15) is 57.9 Å². The third-order valence-corrected chi connectivity index (χ3v) is 4.63. The van der Waals surface area contributed by atoms with Crippen LogP contribution < -0.4 is 4.74 Å². The molecule has 144 valence electrons. The van der Waals surface area contributed by atoms with E-state index in [2.05, 4.69) is 9.30 Å². The van der Waals surface area contributed by atoms with Gasteiger partial charge >= 0.3 is 12.6 Å². The average Bonchev–Trinajstić information content (AvgIpc) is 3.39. The highest BCUT2D eigenvalue weighted by Crippen LogP contribution is 2.38. The second-order valence-electron chi connectivity index (χ2n) is 6.70. The Hall–Kier alpha value is -2.70. The number of ketones is 1. The molecule has 1 aromatic carbocycles. The highest BCUT2D eigenvalue weighted by Gasteiger charge is 2.29. The maximum Gasteiger partial charge on any atom is 0.387 e. The zero-order valence-corrected chi connectivity index (χ0v) is 15.4.